The second-order valence-electron chi connectivity index (χ2n) is 18.9. The van der Waals surface area contributed by atoms with Crippen molar-refractivity contribution >= 4 is 69.7 Å². The third-order valence-corrected chi connectivity index (χ3v) is 15.6. The van der Waals surface area contributed by atoms with Gasteiger partial charge in [0.25, 0.3) is 0 Å². The van der Waals surface area contributed by atoms with Crippen LogP contribution in [0, 0.1) is 0 Å². The molecule has 10 atom stereocenters. The van der Waals surface area contributed by atoms with Gasteiger partial charge in [-0.15, -0.1) is 0 Å². The molecule has 10 rings (SSSR count). The molecular weight excluding hydrogens is 1120 g/mol. The number of esters is 7. The largest absolute Gasteiger partial charge is 0.459 e. The maximum absolute atomic E-state index is 14.4. The Hall–Kier alpha value is -8.92. The minimum Gasteiger partial charge on any atom is -0.459 e. The zero-order valence-corrected chi connectivity index (χ0v) is 46.1. The molecule has 2 fully saturated rings. The van der Waals surface area contributed by atoms with Gasteiger partial charge in [0.05, 0.1) is 52.1 Å². The Bertz CT molecular complexity index is 3410. The Balaban J connectivity index is 1.08. The van der Waals surface area contributed by atoms with E-state index in [2.05, 4.69) is 4.99 Å². The highest BCUT2D eigenvalue weighted by Gasteiger charge is 2.57. The summed E-state index contributed by atoms with van der Waals surface area (Å²) in [5.74, 6) is -5.59. The number of rotatable bonds is 19. The Morgan fingerprint density at radius 2 is 0.690 bits per heavy atom. The van der Waals surface area contributed by atoms with Crippen LogP contribution in [-0.2, 0) is 47.4 Å². The number of carbonyl (C=O) groups excluding carboxylic acids is 7. The number of nitrogens with zero attached hydrogens (tertiary/aromatic N) is 1. The van der Waals surface area contributed by atoms with Gasteiger partial charge in [0.1, 0.15) is 23.2 Å². The normalized spacial score (nSPS) is 22.6. The van der Waals surface area contributed by atoms with E-state index in [4.69, 9.17) is 47.4 Å². The minimum absolute atomic E-state index is 0.0522. The second-order valence-corrected chi connectivity index (χ2v) is 21.3. The predicted octanol–water partition coefficient (Wildman–Crippen LogP) is 9.50. The lowest BCUT2D eigenvalue weighted by atomic mass is 9.97. The number of hydrogen-bond acceptors (Lipinski definition) is 20. The van der Waals surface area contributed by atoms with Crippen molar-refractivity contribution in [1.82, 2.24) is 0 Å². The van der Waals surface area contributed by atoms with E-state index < -0.39 is 116 Å². The second kappa shape index (κ2) is 28.4. The molecule has 3 aliphatic heterocycles. The summed E-state index contributed by atoms with van der Waals surface area (Å²) in [5, 5.41) is 0. The maximum atomic E-state index is 14.4. The molecule has 20 heteroatoms. The molecule has 7 aromatic rings. The number of hydrogen-bond donors (Lipinski definition) is 0. The van der Waals surface area contributed by atoms with Crippen LogP contribution in [0.15, 0.2) is 217 Å². The number of ether oxygens (including phenoxy) is 10. The van der Waals surface area contributed by atoms with E-state index >= 15 is 0 Å². The third-order valence-electron chi connectivity index (χ3n) is 13.3. The van der Waals surface area contributed by atoms with E-state index in [-0.39, 0.29) is 38.9 Å². The minimum atomic E-state index is -1.85. The molecule has 0 bridgehead atoms. The molecule has 18 nitrogen and oxygen atoms in total. The van der Waals surface area contributed by atoms with Crippen LogP contribution < -0.4 is 0 Å². The topological polar surface area (TPSA) is 224 Å². The van der Waals surface area contributed by atoms with Gasteiger partial charge in [-0.2, -0.15) is 0 Å². The lowest BCUT2D eigenvalue weighted by molar-refractivity contribution is -0.309. The Morgan fingerprint density at radius 1 is 0.381 bits per heavy atom. The van der Waals surface area contributed by atoms with Crippen molar-refractivity contribution in [3.63, 3.8) is 0 Å². The summed E-state index contributed by atoms with van der Waals surface area (Å²) in [5.41, 5.74) is -0.567. The molecule has 0 unspecified atom stereocenters. The average molecular weight is 1170 g/mol. The molecule has 0 saturated carbocycles. The molecular formula is C64H53NO17S2. The number of carbonyl (C=O) groups is 7. The molecule has 0 aromatic heterocycles. The number of thioether (sulfide) groups is 2. The standard InChI is InChI=1S/C64H53NO17S2/c66-55(40-22-8-1-9-23-40)73-38-47-49(77-56(67)41-24-10-2-11-25-41)51(79-58(69)43-28-14-4-15-29-43)53(81-60(71)45-32-18-6-19-33-45)62(75-47)74-39-48-50(78-57(68)42-26-12-3-13-27-42)52(80-59(70)44-30-16-5-17-31-44)54(63(76-48)84-64-65-36-37-83-64)82-61(72)46-34-20-7-21-35-46/h1-35,47-54,62-63H,36-39H2/t47-,48-,49-,50-,51+,52+,53-,54-,62-,63+/m1/s1. The quantitative estimate of drug-likeness (QED) is 0.0543. The summed E-state index contributed by atoms with van der Waals surface area (Å²) in [6, 6.07) is 55.7. The highest BCUT2D eigenvalue weighted by Crippen LogP contribution is 2.40. The first-order valence-corrected chi connectivity index (χ1v) is 28.5. The van der Waals surface area contributed by atoms with Crippen molar-refractivity contribution in [3.8, 4) is 0 Å². The van der Waals surface area contributed by atoms with Gasteiger partial charge < -0.3 is 47.4 Å². The van der Waals surface area contributed by atoms with Crippen molar-refractivity contribution in [2.24, 2.45) is 4.99 Å². The van der Waals surface area contributed by atoms with Crippen LogP contribution in [0.4, 0.5) is 0 Å². The number of benzene rings is 7. The smallest absolute Gasteiger partial charge is 0.338 e. The molecule has 428 valence electrons. The van der Waals surface area contributed by atoms with Gasteiger partial charge in [0.15, 0.2) is 48.3 Å². The molecule has 2 saturated heterocycles. The van der Waals surface area contributed by atoms with Crippen LogP contribution in [0.2, 0.25) is 0 Å². The fraction of sp³-hybridized carbons (Fsp3) is 0.219. The molecule has 0 N–H and O–H groups in total. The highest BCUT2D eigenvalue weighted by molar-refractivity contribution is 8.39. The van der Waals surface area contributed by atoms with Gasteiger partial charge in [-0.3, -0.25) is 4.99 Å². The first-order chi connectivity index (χ1) is 41.1. The van der Waals surface area contributed by atoms with Gasteiger partial charge in [-0.1, -0.05) is 151 Å². The van der Waals surface area contributed by atoms with Crippen LogP contribution in [0.1, 0.15) is 72.5 Å². The van der Waals surface area contributed by atoms with Crippen molar-refractivity contribution in [3.05, 3.63) is 251 Å². The molecule has 7 aromatic carbocycles. The summed E-state index contributed by atoms with van der Waals surface area (Å²) < 4.78 is 64.5. The van der Waals surface area contributed by atoms with E-state index in [1.807, 2.05) is 0 Å². The van der Waals surface area contributed by atoms with Gasteiger partial charge in [-0.25, -0.2) is 33.6 Å². The van der Waals surface area contributed by atoms with E-state index in [1.54, 1.807) is 127 Å². The van der Waals surface area contributed by atoms with Crippen LogP contribution >= 0.6 is 23.5 Å². The molecule has 0 spiro atoms. The molecule has 0 amide bonds. The first kappa shape index (κ1) is 58.3. The fourth-order valence-corrected chi connectivity index (χ4v) is 11.4. The van der Waals surface area contributed by atoms with Gasteiger partial charge >= 0.3 is 41.8 Å². The van der Waals surface area contributed by atoms with E-state index in [9.17, 15) is 33.6 Å². The molecule has 0 aliphatic carbocycles. The highest BCUT2D eigenvalue weighted by atomic mass is 32.2. The molecule has 3 aliphatic rings. The Labute approximate surface area is 490 Å². The zero-order valence-electron chi connectivity index (χ0n) is 44.5. The van der Waals surface area contributed by atoms with Crippen LogP contribution in [-0.4, -0.2) is 132 Å². The van der Waals surface area contributed by atoms with Crippen LogP contribution in [0.3, 0.4) is 0 Å². The Morgan fingerprint density at radius 3 is 1.05 bits per heavy atom. The van der Waals surface area contributed by atoms with E-state index in [0.29, 0.717) is 16.7 Å². The summed E-state index contributed by atoms with van der Waals surface area (Å²) >= 11 is 2.49. The molecule has 3 heterocycles. The third kappa shape index (κ3) is 14.8. The molecule has 84 heavy (non-hydrogen) atoms. The van der Waals surface area contributed by atoms with Crippen molar-refractivity contribution in [2.45, 2.75) is 60.6 Å². The average Bonchev–Trinajstić information content (AvgIpc) is 2.10. The summed E-state index contributed by atoms with van der Waals surface area (Å²) in [7, 11) is 0. The molecule has 0 radical (unpaired) electrons. The predicted molar refractivity (Wildman–Crippen MR) is 306 cm³/mol. The first-order valence-electron chi connectivity index (χ1n) is 26.6. The van der Waals surface area contributed by atoms with E-state index in [1.165, 1.54) is 96.7 Å². The van der Waals surface area contributed by atoms with Gasteiger partial charge in [0.2, 0.25) is 0 Å². The lowest BCUT2D eigenvalue weighted by Crippen LogP contribution is -2.64. The Kier molecular flexibility index (Phi) is 19.7. The summed E-state index contributed by atoms with van der Waals surface area (Å²) in [6.07, 6.45) is -15.1. The van der Waals surface area contributed by atoms with Gasteiger partial charge in [-0.05, 0) is 84.9 Å². The van der Waals surface area contributed by atoms with E-state index in [0.717, 1.165) is 11.8 Å². The van der Waals surface area contributed by atoms with Crippen LogP contribution in [0.25, 0.3) is 0 Å². The number of aliphatic imine (C=N–C) groups is 1. The van der Waals surface area contributed by atoms with Crippen molar-refractivity contribution < 1.29 is 80.9 Å². The fourth-order valence-electron chi connectivity index (χ4n) is 9.14. The summed E-state index contributed by atoms with van der Waals surface area (Å²) in [4.78, 5) is 104. The van der Waals surface area contributed by atoms with Crippen molar-refractivity contribution in [2.75, 3.05) is 25.5 Å². The van der Waals surface area contributed by atoms with Crippen molar-refractivity contribution in [1.29, 1.82) is 0 Å². The van der Waals surface area contributed by atoms with Crippen LogP contribution in [0.5, 0.6) is 0 Å². The zero-order chi connectivity index (χ0) is 58.2. The summed E-state index contributed by atoms with van der Waals surface area (Å²) in [6.45, 7) is -0.886. The monoisotopic (exact) mass is 1170 g/mol. The lowest BCUT2D eigenvalue weighted by Gasteiger charge is -2.46. The maximum Gasteiger partial charge on any atom is 0.338 e. The van der Waals surface area contributed by atoms with Gasteiger partial charge in [0, 0.05) is 5.75 Å². The SMILES string of the molecule is O=C(OC[C@H]1O[C@@H](OC[C@H]2O[C@@H](SC3=NCCS3)[C@H](OC(=O)c3ccccc3)[C@@H](OC(=O)c3ccccc3)[C@@H]2OC(=O)c2ccccc2)[C@H](OC(=O)c2ccccc2)[C@@H](OC(=O)c2ccccc2)[C@@H]1OC(=O)c1ccccc1)c1ccccc1.